The Kier molecular flexibility index (Phi) is 5.33. The van der Waals surface area contributed by atoms with Gasteiger partial charge in [0.1, 0.15) is 11.5 Å². The first-order chi connectivity index (χ1) is 10.1. The average Bonchev–Trinajstić information content (AvgIpc) is 3.01. The minimum absolute atomic E-state index is 0.841. The molecule has 2 rings (SSSR count). The van der Waals surface area contributed by atoms with Crippen LogP contribution in [0.15, 0.2) is 10.5 Å². The van der Waals surface area contributed by atoms with Crippen molar-refractivity contribution in [1.82, 2.24) is 14.8 Å². The first-order valence-electron chi connectivity index (χ1n) is 7.29. The van der Waals surface area contributed by atoms with Gasteiger partial charge in [0.25, 0.3) is 0 Å². The number of rotatable bonds is 7. The van der Waals surface area contributed by atoms with Gasteiger partial charge in [-0.25, -0.2) is 0 Å². The summed E-state index contributed by atoms with van der Waals surface area (Å²) in [6.07, 6.45) is 3.28. The zero-order valence-electron chi connectivity index (χ0n) is 13.5. The fourth-order valence-electron chi connectivity index (χ4n) is 2.47. The van der Waals surface area contributed by atoms with Gasteiger partial charge in [-0.3, -0.25) is 4.57 Å². The van der Waals surface area contributed by atoms with E-state index in [0.717, 1.165) is 54.1 Å². The Bertz CT molecular complexity index is 591. The summed E-state index contributed by atoms with van der Waals surface area (Å²) in [5, 5.41) is 8.77. The molecular formula is C15H24N4OS. The molecule has 0 amide bonds. The molecule has 0 unspecified atom stereocenters. The van der Waals surface area contributed by atoms with Crippen molar-refractivity contribution in [2.24, 2.45) is 0 Å². The molecule has 0 atom stereocenters. The number of hydrogen-bond donors (Lipinski definition) is 0. The number of thioether (sulfide) groups is 1. The van der Waals surface area contributed by atoms with E-state index in [1.807, 2.05) is 31.7 Å². The molecule has 0 radical (unpaired) electrons. The lowest BCUT2D eigenvalue weighted by Crippen LogP contribution is -2.23. The van der Waals surface area contributed by atoms with Crippen molar-refractivity contribution in [1.29, 1.82) is 0 Å². The van der Waals surface area contributed by atoms with E-state index >= 15 is 0 Å². The molecule has 0 N–H and O–H groups in total. The summed E-state index contributed by atoms with van der Waals surface area (Å²) in [6.45, 7) is 7.88. The third kappa shape index (κ3) is 3.43. The van der Waals surface area contributed by atoms with Gasteiger partial charge in [0.15, 0.2) is 5.82 Å². The fourth-order valence-corrected chi connectivity index (χ4v) is 2.88. The van der Waals surface area contributed by atoms with Crippen molar-refractivity contribution >= 4 is 17.7 Å². The lowest BCUT2D eigenvalue weighted by Gasteiger charge is -2.18. The molecule has 6 heteroatoms. The van der Waals surface area contributed by atoms with Crippen LogP contribution in [0.2, 0.25) is 0 Å². The Morgan fingerprint density at radius 2 is 2.10 bits per heavy atom. The second kappa shape index (κ2) is 7.02. The van der Waals surface area contributed by atoms with Gasteiger partial charge in [-0.15, -0.1) is 10.2 Å². The van der Waals surface area contributed by atoms with Crippen LogP contribution in [0.1, 0.15) is 24.9 Å². The molecule has 2 heterocycles. The van der Waals surface area contributed by atoms with Crippen molar-refractivity contribution in [3.05, 3.63) is 17.6 Å². The summed E-state index contributed by atoms with van der Waals surface area (Å²) in [6, 6.07) is 2.03. The molecule has 0 saturated carbocycles. The highest BCUT2D eigenvalue weighted by Gasteiger charge is 2.19. The SMILES string of the molecule is CCn1c(-c2cc(C)oc2C)nnc1N(C)CCCSC. The van der Waals surface area contributed by atoms with Crippen LogP contribution in [0.4, 0.5) is 5.95 Å². The highest BCUT2D eigenvalue weighted by atomic mass is 32.2. The van der Waals surface area contributed by atoms with Gasteiger partial charge < -0.3 is 9.32 Å². The second-order valence-electron chi connectivity index (χ2n) is 5.16. The second-order valence-corrected chi connectivity index (χ2v) is 6.15. The maximum absolute atomic E-state index is 5.62. The van der Waals surface area contributed by atoms with Gasteiger partial charge in [-0.05, 0) is 45.3 Å². The van der Waals surface area contributed by atoms with Crippen LogP contribution in [-0.2, 0) is 6.54 Å². The topological polar surface area (TPSA) is 47.1 Å². The van der Waals surface area contributed by atoms with Crippen LogP contribution < -0.4 is 4.90 Å². The summed E-state index contributed by atoms with van der Waals surface area (Å²) < 4.78 is 7.77. The van der Waals surface area contributed by atoms with Crippen molar-refractivity contribution < 1.29 is 4.42 Å². The first-order valence-corrected chi connectivity index (χ1v) is 8.68. The van der Waals surface area contributed by atoms with Crippen molar-refractivity contribution in [3.63, 3.8) is 0 Å². The molecule has 5 nitrogen and oxygen atoms in total. The minimum atomic E-state index is 0.841. The van der Waals surface area contributed by atoms with E-state index < -0.39 is 0 Å². The van der Waals surface area contributed by atoms with Gasteiger partial charge in [-0.1, -0.05) is 0 Å². The van der Waals surface area contributed by atoms with Crippen LogP contribution >= 0.6 is 11.8 Å². The van der Waals surface area contributed by atoms with Gasteiger partial charge in [-0.2, -0.15) is 11.8 Å². The third-order valence-electron chi connectivity index (χ3n) is 3.51. The number of aryl methyl sites for hydroxylation is 2. The summed E-state index contributed by atoms with van der Waals surface area (Å²) in [5.74, 6) is 4.77. The molecule has 0 saturated heterocycles. The molecule has 116 valence electrons. The van der Waals surface area contributed by atoms with Crippen molar-refractivity contribution in [2.45, 2.75) is 33.7 Å². The fraction of sp³-hybridized carbons (Fsp3) is 0.600. The summed E-state index contributed by atoms with van der Waals surface area (Å²) >= 11 is 1.87. The van der Waals surface area contributed by atoms with E-state index in [-0.39, 0.29) is 0 Å². The lowest BCUT2D eigenvalue weighted by molar-refractivity contribution is 0.505. The molecule has 2 aromatic heterocycles. The van der Waals surface area contributed by atoms with Crippen molar-refractivity contribution in [3.8, 4) is 11.4 Å². The Morgan fingerprint density at radius 1 is 1.33 bits per heavy atom. The van der Waals surface area contributed by atoms with E-state index in [0.29, 0.717) is 0 Å². The predicted molar refractivity (Wildman–Crippen MR) is 89.1 cm³/mol. The molecule has 0 aromatic carbocycles. The van der Waals surface area contributed by atoms with Crippen LogP contribution in [-0.4, -0.2) is 40.4 Å². The first kappa shape index (κ1) is 15.9. The number of nitrogens with zero attached hydrogens (tertiary/aromatic N) is 4. The summed E-state index contributed by atoms with van der Waals surface area (Å²) in [5.41, 5.74) is 1.03. The lowest BCUT2D eigenvalue weighted by atomic mass is 10.2. The molecule has 0 aliphatic heterocycles. The highest BCUT2D eigenvalue weighted by molar-refractivity contribution is 7.98. The minimum Gasteiger partial charge on any atom is -0.466 e. The summed E-state index contributed by atoms with van der Waals surface area (Å²) in [4.78, 5) is 2.18. The van der Waals surface area contributed by atoms with E-state index in [4.69, 9.17) is 4.42 Å². The predicted octanol–water partition coefficient (Wildman–Crippen LogP) is 3.36. The van der Waals surface area contributed by atoms with Gasteiger partial charge in [0.2, 0.25) is 5.95 Å². The van der Waals surface area contributed by atoms with Gasteiger partial charge in [0, 0.05) is 20.1 Å². The molecule has 0 bridgehead atoms. The zero-order chi connectivity index (χ0) is 15.4. The Labute approximate surface area is 130 Å². The molecule has 0 aliphatic carbocycles. The smallest absolute Gasteiger partial charge is 0.227 e. The highest BCUT2D eigenvalue weighted by Crippen LogP contribution is 2.27. The van der Waals surface area contributed by atoms with Crippen molar-refractivity contribution in [2.75, 3.05) is 30.5 Å². The molecule has 0 spiro atoms. The van der Waals surface area contributed by atoms with Crippen LogP contribution in [0.25, 0.3) is 11.4 Å². The largest absolute Gasteiger partial charge is 0.466 e. The van der Waals surface area contributed by atoms with E-state index in [1.54, 1.807) is 0 Å². The Balaban J connectivity index is 2.27. The maximum atomic E-state index is 5.62. The number of aromatic nitrogens is 3. The van der Waals surface area contributed by atoms with Crippen LogP contribution in [0, 0.1) is 13.8 Å². The van der Waals surface area contributed by atoms with Gasteiger partial charge in [0.05, 0.1) is 5.56 Å². The molecule has 0 aliphatic rings. The monoisotopic (exact) mass is 308 g/mol. The normalized spacial score (nSPS) is 11.1. The summed E-state index contributed by atoms with van der Waals surface area (Å²) in [7, 11) is 2.08. The third-order valence-corrected chi connectivity index (χ3v) is 4.21. The van der Waals surface area contributed by atoms with E-state index in [1.165, 1.54) is 0 Å². The maximum Gasteiger partial charge on any atom is 0.227 e. The quantitative estimate of drug-likeness (QED) is 0.734. The van der Waals surface area contributed by atoms with E-state index in [2.05, 4.69) is 39.9 Å². The van der Waals surface area contributed by atoms with Crippen LogP contribution in [0.3, 0.4) is 0 Å². The Morgan fingerprint density at radius 3 is 2.67 bits per heavy atom. The molecule has 0 fully saturated rings. The number of furan rings is 1. The number of hydrogen-bond acceptors (Lipinski definition) is 5. The molecule has 21 heavy (non-hydrogen) atoms. The van der Waals surface area contributed by atoms with Gasteiger partial charge >= 0.3 is 0 Å². The molecular weight excluding hydrogens is 284 g/mol. The standard InChI is InChI=1S/C15H24N4OS/c1-6-19-14(13-10-11(2)20-12(13)3)16-17-15(19)18(4)8-7-9-21-5/h10H,6-9H2,1-5H3. The number of anilines is 1. The Hall–Kier alpha value is -1.43. The van der Waals surface area contributed by atoms with E-state index in [9.17, 15) is 0 Å². The average molecular weight is 308 g/mol. The zero-order valence-corrected chi connectivity index (χ0v) is 14.3. The van der Waals surface area contributed by atoms with Crippen LogP contribution in [0.5, 0.6) is 0 Å². The molecule has 2 aromatic rings.